The van der Waals surface area contributed by atoms with Gasteiger partial charge in [0.05, 0.1) is 5.69 Å². The summed E-state index contributed by atoms with van der Waals surface area (Å²) in [6.07, 6.45) is 0.951. The fourth-order valence-corrected chi connectivity index (χ4v) is 2.99. The SMILES string of the molecule is CCCNc1ccccc1S(=O)(=O)NCC(C)C(C)C. The Morgan fingerprint density at radius 1 is 1.15 bits per heavy atom. The van der Waals surface area contributed by atoms with Gasteiger partial charge in [-0.05, 0) is 30.4 Å². The quantitative estimate of drug-likeness (QED) is 0.775. The zero-order chi connectivity index (χ0) is 15.2. The van der Waals surface area contributed by atoms with Crippen LogP contribution in [0.3, 0.4) is 0 Å². The summed E-state index contributed by atoms with van der Waals surface area (Å²) < 4.78 is 27.5. The summed E-state index contributed by atoms with van der Waals surface area (Å²) in [5.41, 5.74) is 0.666. The Morgan fingerprint density at radius 3 is 2.40 bits per heavy atom. The molecule has 0 spiro atoms. The summed E-state index contributed by atoms with van der Waals surface area (Å²) in [5.74, 6) is 0.756. The molecule has 1 atom stereocenters. The molecule has 0 aliphatic carbocycles. The predicted molar refractivity (Wildman–Crippen MR) is 84.4 cm³/mol. The Kier molecular flexibility index (Phi) is 6.49. The lowest BCUT2D eigenvalue weighted by Gasteiger charge is -2.17. The first-order valence-corrected chi connectivity index (χ1v) is 8.69. The van der Waals surface area contributed by atoms with E-state index in [9.17, 15) is 8.42 Å². The van der Waals surface area contributed by atoms with Gasteiger partial charge in [0.2, 0.25) is 10.0 Å². The highest BCUT2D eigenvalue weighted by atomic mass is 32.2. The average Bonchev–Trinajstić information content (AvgIpc) is 2.42. The van der Waals surface area contributed by atoms with Crippen LogP contribution in [0, 0.1) is 11.8 Å². The van der Waals surface area contributed by atoms with Crippen LogP contribution in [-0.4, -0.2) is 21.5 Å². The molecule has 0 fully saturated rings. The van der Waals surface area contributed by atoms with E-state index in [0.717, 1.165) is 13.0 Å². The maximum atomic E-state index is 12.4. The maximum Gasteiger partial charge on any atom is 0.242 e. The number of hydrogen-bond donors (Lipinski definition) is 2. The number of para-hydroxylation sites is 1. The summed E-state index contributed by atoms with van der Waals surface area (Å²) in [4.78, 5) is 0.324. The van der Waals surface area contributed by atoms with E-state index in [2.05, 4.69) is 30.8 Å². The second-order valence-electron chi connectivity index (χ2n) is 5.50. The van der Waals surface area contributed by atoms with Crippen molar-refractivity contribution in [3.63, 3.8) is 0 Å². The highest BCUT2D eigenvalue weighted by molar-refractivity contribution is 7.89. The van der Waals surface area contributed by atoms with Crippen molar-refractivity contribution >= 4 is 15.7 Å². The molecule has 20 heavy (non-hydrogen) atoms. The van der Waals surface area contributed by atoms with E-state index >= 15 is 0 Å². The zero-order valence-corrected chi connectivity index (χ0v) is 13.6. The molecule has 0 saturated carbocycles. The van der Waals surface area contributed by atoms with E-state index in [0.29, 0.717) is 29.0 Å². The van der Waals surface area contributed by atoms with Gasteiger partial charge in [-0.1, -0.05) is 39.8 Å². The third-order valence-corrected chi connectivity index (χ3v) is 4.96. The molecule has 1 aromatic rings. The number of sulfonamides is 1. The number of benzene rings is 1. The van der Waals surface area contributed by atoms with Crippen molar-refractivity contribution in [1.82, 2.24) is 4.72 Å². The molecule has 1 aromatic carbocycles. The minimum atomic E-state index is -3.46. The number of rotatable bonds is 8. The molecule has 2 N–H and O–H groups in total. The molecule has 1 unspecified atom stereocenters. The van der Waals surface area contributed by atoms with E-state index in [1.54, 1.807) is 18.2 Å². The molecule has 0 bridgehead atoms. The van der Waals surface area contributed by atoms with E-state index in [-0.39, 0.29) is 0 Å². The van der Waals surface area contributed by atoms with E-state index in [1.165, 1.54) is 0 Å². The smallest absolute Gasteiger partial charge is 0.242 e. The molecule has 0 saturated heterocycles. The minimum Gasteiger partial charge on any atom is -0.384 e. The summed E-state index contributed by atoms with van der Waals surface area (Å²) in [6.45, 7) is 9.50. The predicted octanol–water partition coefficient (Wildman–Crippen LogP) is 3.08. The number of hydrogen-bond acceptors (Lipinski definition) is 3. The maximum absolute atomic E-state index is 12.4. The van der Waals surface area contributed by atoms with E-state index in [1.807, 2.05) is 13.0 Å². The lowest BCUT2D eigenvalue weighted by atomic mass is 9.99. The van der Waals surface area contributed by atoms with Crippen LogP contribution in [0.2, 0.25) is 0 Å². The normalized spacial score (nSPS) is 13.4. The molecule has 1 rings (SSSR count). The topological polar surface area (TPSA) is 58.2 Å². The van der Waals surface area contributed by atoms with Gasteiger partial charge in [-0.25, -0.2) is 13.1 Å². The highest BCUT2D eigenvalue weighted by Gasteiger charge is 2.19. The van der Waals surface area contributed by atoms with Crippen molar-refractivity contribution in [2.45, 2.75) is 39.0 Å². The Labute approximate surface area is 123 Å². The van der Waals surface area contributed by atoms with Crippen LogP contribution >= 0.6 is 0 Å². The average molecular weight is 298 g/mol. The second kappa shape index (κ2) is 7.64. The number of anilines is 1. The van der Waals surface area contributed by atoms with Crippen LogP contribution in [0.4, 0.5) is 5.69 Å². The third-order valence-electron chi connectivity index (χ3n) is 3.48. The van der Waals surface area contributed by atoms with Gasteiger partial charge in [-0.15, -0.1) is 0 Å². The molecule has 114 valence electrons. The van der Waals surface area contributed by atoms with Crippen LogP contribution < -0.4 is 10.0 Å². The van der Waals surface area contributed by atoms with Gasteiger partial charge in [0.15, 0.2) is 0 Å². The summed E-state index contributed by atoms with van der Waals surface area (Å²) >= 11 is 0. The fourth-order valence-electron chi connectivity index (χ4n) is 1.66. The molecule has 0 amide bonds. The second-order valence-corrected chi connectivity index (χ2v) is 7.23. The molecule has 0 heterocycles. The van der Waals surface area contributed by atoms with E-state index < -0.39 is 10.0 Å². The van der Waals surface area contributed by atoms with Crippen LogP contribution in [0.25, 0.3) is 0 Å². The van der Waals surface area contributed by atoms with Crippen molar-refractivity contribution in [3.8, 4) is 0 Å². The first-order valence-electron chi connectivity index (χ1n) is 7.21. The van der Waals surface area contributed by atoms with E-state index in [4.69, 9.17) is 0 Å². The Balaban J connectivity index is 2.86. The summed E-state index contributed by atoms with van der Waals surface area (Å²) in [7, 11) is -3.46. The Hall–Kier alpha value is -1.07. The van der Waals surface area contributed by atoms with Gasteiger partial charge in [-0.3, -0.25) is 0 Å². The van der Waals surface area contributed by atoms with Crippen LogP contribution in [-0.2, 0) is 10.0 Å². The molecular weight excluding hydrogens is 272 g/mol. The van der Waals surface area contributed by atoms with Crippen LogP contribution in [0.1, 0.15) is 34.1 Å². The number of nitrogens with one attached hydrogen (secondary N) is 2. The van der Waals surface area contributed by atoms with Crippen molar-refractivity contribution in [2.24, 2.45) is 11.8 Å². The van der Waals surface area contributed by atoms with Gasteiger partial charge >= 0.3 is 0 Å². The van der Waals surface area contributed by atoms with Gasteiger partial charge < -0.3 is 5.32 Å². The third kappa shape index (κ3) is 4.80. The van der Waals surface area contributed by atoms with Gasteiger partial charge in [-0.2, -0.15) is 0 Å². The molecule has 0 aliphatic heterocycles. The van der Waals surface area contributed by atoms with Gasteiger partial charge in [0.1, 0.15) is 4.90 Å². The Morgan fingerprint density at radius 2 is 1.80 bits per heavy atom. The van der Waals surface area contributed by atoms with Crippen molar-refractivity contribution in [1.29, 1.82) is 0 Å². The zero-order valence-electron chi connectivity index (χ0n) is 12.8. The summed E-state index contributed by atoms with van der Waals surface area (Å²) in [6, 6.07) is 7.03. The molecule has 0 aliphatic rings. The molecular formula is C15H26N2O2S. The molecule has 5 heteroatoms. The lowest BCUT2D eigenvalue weighted by molar-refractivity contribution is 0.414. The van der Waals surface area contributed by atoms with Gasteiger partial charge in [0.25, 0.3) is 0 Å². The Bertz CT molecular complexity index is 512. The van der Waals surface area contributed by atoms with Gasteiger partial charge in [0, 0.05) is 13.1 Å². The highest BCUT2D eigenvalue weighted by Crippen LogP contribution is 2.21. The molecule has 4 nitrogen and oxygen atoms in total. The largest absolute Gasteiger partial charge is 0.384 e. The lowest BCUT2D eigenvalue weighted by Crippen LogP contribution is -2.30. The van der Waals surface area contributed by atoms with Crippen LogP contribution in [0.5, 0.6) is 0 Å². The minimum absolute atomic E-state index is 0.306. The monoisotopic (exact) mass is 298 g/mol. The molecule has 0 aromatic heterocycles. The van der Waals surface area contributed by atoms with Crippen molar-refractivity contribution in [2.75, 3.05) is 18.4 Å². The fraction of sp³-hybridized carbons (Fsp3) is 0.600. The molecule has 0 radical (unpaired) electrons. The van der Waals surface area contributed by atoms with Crippen molar-refractivity contribution < 1.29 is 8.42 Å². The first-order chi connectivity index (χ1) is 9.38. The summed E-state index contributed by atoms with van der Waals surface area (Å²) in [5, 5.41) is 3.16. The van der Waals surface area contributed by atoms with Crippen LogP contribution in [0.15, 0.2) is 29.2 Å². The first kappa shape index (κ1) is 17.0. The van der Waals surface area contributed by atoms with Crippen molar-refractivity contribution in [3.05, 3.63) is 24.3 Å². The standard InChI is InChI=1S/C15H26N2O2S/c1-5-10-16-14-8-6-7-9-15(14)20(18,19)17-11-13(4)12(2)3/h6-9,12-13,16-17H,5,10-11H2,1-4H3.